The number of rotatable bonds is 5. The molecular weight excluding hydrogens is 362 g/mol. The molecule has 0 bridgehead atoms. The molecule has 2 aromatic heterocycles. The number of ether oxygens (including phenoxy) is 2. The number of hydrogen-bond acceptors (Lipinski definition) is 6. The van der Waals surface area contributed by atoms with E-state index in [9.17, 15) is 4.79 Å². The quantitative estimate of drug-likeness (QED) is 0.718. The number of carbonyl (C=O) groups excluding carboxylic acids is 1. The minimum absolute atomic E-state index is 0.0386. The highest BCUT2D eigenvalue weighted by atomic mass is 32.1. The van der Waals surface area contributed by atoms with Gasteiger partial charge >= 0.3 is 0 Å². The lowest BCUT2D eigenvalue weighted by molar-refractivity contribution is 0.102. The molecule has 7 heteroatoms. The van der Waals surface area contributed by atoms with Crippen molar-refractivity contribution in [2.75, 3.05) is 11.9 Å². The van der Waals surface area contributed by atoms with Crippen LogP contribution in [-0.4, -0.2) is 28.6 Å². The Morgan fingerprint density at radius 3 is 2.96 bits per heavy atom. The van der Waals surface area contributed by atoms with Crippen LogP contribution < -0.4 is 14.8 Å². The summed E-state index contributed by atoms with van der Waals surface area (Å²) in [6, 6.07) is 9.44. The number of thiazole rings is 1. The molecule has 138 valence electrons. The summed E-state index contributed by atoms with van der Waals surface area (Å²) in [5.74, 6) is 1.19. The second kappa shape index (κ2) is 7.36. The van der Waals surface area contributed by atoms with E-state index in [1.54, 1.807) is 12.1 Å². The first-order chi connectivity index (χ1) is 13.1. The predicted molar refractivity (Wildman–Crippen MR) is 105 cm³/mol. The van der Waals surface area contributed by atoms with Crippen LogP contribution in [0, 0.1) is 0 Å². The van der Waals surface area contributed by atoms with E-state index in [1.165, 1.54) is 23.1 Å². The van der Waals surface area contributed by atoms with Crippen molar-refractivity contribution < 1.29 is 14.3 Å². The van der Waals surface area contributed by atoms with Crippen LogP contribution >= 0.6 is 11.3 Å². The Morgan fingerprint density at radius 1 is 1.30 bits per heavy atom. The maximum absolute atomic E-state index is 12.4. The van der Waals surface area contributed by atoms with Crippen LogP contribution in [0.5, 0.6) is 11.6 Å². The Hall–Kier alpha value is -2.93. The molecule has 6 nitrogen and oxygen atoms in total. The molecule has 1 aliphatic heterocycles. The summed E-state index contributed by atoms with van der Waals surface area (Å²) in [4.78, 5) is 21.1. The van der Waals surface area contributed by atoms with Crippen molar-refractivity contribution in [1.82, 2.24) is 9.97 Å². The van der Waals surface area contributed by atoms with Crippen molar-refractivity contribution in [3.63, 3.8) is 0 Å². The van der Waals surface area contributed by atoms with Crippen LogP contribution in [0.15, 0.2) is 41.9 Å². The van der Waals surface area contributed by atoms with Gasteiger partial charge in [0.05, 0.1) is 24.0 Å². The highest BCUT2D eigenvalue weighted by Gasteiger charge is 2.15. The lowest BCUT2D eigenvalue weighted by atomic mass is 10.1. The topological polar surface area (TPSA) is 73.3 Å². The van der Waals surface area contributed by atoms with Gasteiger partial charge in [-0.2, -0.15) is 0 Å². The van der Waals surface area contributed by atoms with E-state index >= 15 is 0 Å². The van der Waals surface area contributed by atoms with Crippen LogP contribution in [0.25, 0.3) is 11.3 Å². The van der Waals surface area contributed by atoms with Gasteiger partial charge in [-0.25, -0.2) is 9.97 Å². The minimum atomic E-state index is -0.248. The van der Waals surface area contributed by atoms with E-state index < -0.39 is 0 Å². The summed E-state index contributed by atoms with van der Waals surface area (Å²) in [7, 11) is 0. The summed E-state index contributed by atoms with van der Waals surface area (Å²) >= 11 is 1.39. The van der Waals surface area contributed by atoms with E-state index in [0.29, 0.717) is 16.6 Å². The van der Waals surface area contributed by atoms with Gasteiger partial charge in [-0.15, -0.1) is 11.3 Å². The number of amides is 1. The Bertz CT molecular complexity index is 967. The van der Waals surface area contributed by atoms with E-state index in [-0.39, 0.29) is 12.0 Å². The van der Waals surface area contributed by atoms with Gasteiger partial charge < -0.3 is 9.47 Å². The average molecular weight is 381 g/mol. The number of aromatic nitrogens is 2. The summed E-state index contributed by atoms with van der Waals surface area (Å²) in [5, 5.41) is 5.31. The van der Waals surface area contributed by atoms with Gasteiger partial charge in [0.1, 0.15) is 5.75 Å². The smallest absolute Gasteiger partial charge is 0.259 e. The van der Waals surface area contributed by atoms with Crippen molar-refractivity contribution in [2.24, 2.45) is 0 Å². The third kappa shape index (κ3) is 3.93. The predicted octanol–water partition coefficient (Wildman–Crippen LogP) is 4.18. The van der Waals surface area contributed by atoms with Crippen molar-refractivity contribution in [1.29, 1.82) is 0 Å². The maximum atomic E-state index is 12.4. The number of pyridine rings is 1. The van der Waals surface area contributed by atoms with Crippen LogP contribution in [-0.2, 0) is 6.42 Å². The fraction of sp³-hybridized carbons (Fsp3) is 0.250. The number of nitrogens with zero attached hydrogens (tertiary/aromatic N) is 2. The summed E-state index contributed by atoms with van der Waals surface area (Å²) in [6.07, 6.45) is 2.46. The van der Waals surface area contributed by atoms with E-state index in [1.807, 2.05) is 31.4 Å². The molecule has 0 atom stereocenters. The van der Waals surface area contributed by atoms with Crippen molar-refractivity contribution >= 4 is 22.4 Å². The van der Waals surface area contributed by atoms with Gasteiger partial charge in [-0.05, 0) is 43.7 Å². The monoisotopic (exact) mass is 381 g/mol. The van der Waals surface area contributed by atoms with Crippen LogP contribution in [0.3, 0.4) is 0 Å². The molecule has 1 N–H and O–H groups in total. The number of carbonyl (C=O) groups is 1. The molecule has 4 rings (SSSR count). The minimum Gasteiger partial charge on any atom is -0.493 e. The highest BCUT2D eigenvalue weighted by molar-refractivity contribution is 7.14. The molecule has 3 heterocycles. The second-order valence-electron chi connectivity index (χ2n) is 6.46. The highest BCUT2D eigenvalue weighted by Crippen LogP contribution is 2.32. The first kappa shape index (κ1) is 17.5. The van der Waals surface area contributed by atoms with E-state index in [2.05, 4.69) is 21.4 Å². The number of hydrogen-bond donors (Lipinski definition) is 1. The molecule has 1 aromatic carbocycles. The average Bonchev–Trinajstić information content (AvgIpc) is 3.30. The second-order valence-corrected chi connectivity index (χ2v) is 7.32. The number of benzene rings is 1. The van der Waals surface area contributed by atoms with Gasteiger partial charge in [-0.1, -0.05) is 0 Å². The zero-order valence-electron chi connectivity index (χ0n) is 15.1. The van der Waals surface area contributed by atoms with Gasteiger partial charge in [0, 0.05) is 29.6 Å². The van der Waals surface area contributed by atoms with E-state index in [4.69, 9.17) is 9.47 Å². The molecule has 27 heavy (non-hydrogen) atoms. The number of nitrogens with one attached hydrogen (secondary N) is 1. The third-order valence-corrected chi connectivity index (χ3v) is 4.82. The lowest BCUT2D eigenvalue weighted by Crippen LogP contribution is -2.12. The Balaban J connectivity index is 1.45. The van der Waals surface area contributed by atoms with Crippen LogP contribution in [0.1, 0.15) is 29.8 Å². The van der Waals surface area contributed by atoms with Crippen molar-refractivity contribution in [3.8, 4) is 22.9 Å². The molecule has 0 radical (unpaired) electrons. The number of anilines is 1. The van der Waals surface area contributed by atoms with Crippen molar-refractivity contribution in [2.45, 2.75) is 26.4 Å². The van der Waals surface area contributed by atoms with Crippen molar-refractivity contribution in [3.05, 3.63) is 53.0 Å². The summed E-state index contributed by atoms with van der Waals surface area (Å²) < 4.78 is 11.0. The molecular formula is C20H19N3O3S. The molecule has 3 aromatic rings. The zero-order valence-corrected chi connectivity index (χ0v) is 15.9. The summed E-state index contributed by atoms with van der Waals surface area (Å²) in [5.41, 5.74) is 3.51. The number of fused-ring (bicyclic) bond motifs is 1. The first-order valence-corrected chi connectivity index (χ1v) is 9.62. The fourth-order valence-electron chi connectivity index (χ4n) is 2.80. The first-order valence-electron chi connectivity index (χ1n) is 8.74. The summed E-state index contributed by atoms with van der Waals surface area (Å²) in [6.45, 7) is 4.58. The molecule has 1 amide bonds. The maximum Gasteiger partial charge on any atom is 0.259 e. The van der Waals surface area contributed by atoms with Crippen LogP contribution in [0.2, 0.25) is 0 Å². The molecule has 0 unspecified atom stereocenters. The largest absolute Gasteiger partial charge is 0.493 e. The Morgan fingerprint density at radius 2 is 2.19 bits per heavy atom. The van der Waals surface area contributed by atoms with Gasteiger partial charge in [0.25, 0.3) is 5.91 Å². The molecule has 0 saturated carbocycles. The normalized spacial score (nSPS) is 12.6. The van der Waals surface area contributed by atoms with Gasteiger partial charge in [0.2, 0.25) is 5.88 Å². The zero-order chi connectivity index (χ0) is 18.8. The molecule has 0 aliphatic carbocycles. The molecule has 1 aliphatic rings. The Labute approximate surface area is 161 Å². The third-order valence-electron chi connectivity index (χ3n) is 4.06. The molecule has 0 fully saturated rings. The van der Waals surface area contributed by atoms with Gasteiger partial charge in [0.15, 0.2) is 5.13 Å². The van der Waals surface area contributed by atoms with Gasteiger partial charge in [-0.3, -0.25) is 10.1 Å². The lowest BCUT2D eigenvalue weighted by Gasteiger charge is -2.08. The van der Waals surface area contributed by atoms with Crippen LogP contribution in [0.4, 0.5) is 5.13 Å². The molecule has 0 spiro atoms. The Kier molecular flexibility index (Phi) is 4.77. The fourth-order valence-corrected chi connectivity index (χ4v) is 3.52. The standard InChI is InChI=1S/C20H19N3O3S/c1-12(2)26-18-6-4-15(10-21-18)19(24)23-20-22-16(11-27-20)13-3-5-17-14(9-13)7-8-25-17/h3-6,9-12H,7-8H2,1-2H3,(H,22,23,24). The SMILES string of the molecule is CC(C)Oc1ccc(C(=O)Nc2nc(-c3ccc4c(c3)CCO4)cs2)cn1. The van der Waals surface area contributed by atoms with E-state index in [0.717, 1.165) is 30.0 Å². The molecule has 0 saturated heterocycles.